The average Bonchev–Trinajstić information content (AvgIpc) is 3.29. The van der Waals surface area contributed by atoms with Crippen LogP contribution in [0.5, 0.6) is 0 Å². The lowest BCUT2D eigenvalue weighted by molar-refractivity contribution is 0.102. The zero-order valence-electron chi connectivity index (χ0n) is 16.7. The molecule has 0 unspecified atom stereocenters. The third kappa shape index (κ3) is 5.21. The maximum absolute atomic E-state index is 12.6. The van der Waals surface area contributed by atoms with Crippen molar-refractivity contribution in [3.05, 3.63) is 89.5 Å². The predicted octanol–water partition coefficient (Wildman–Crippen LogP) is 6.14. The molecule has 1 N–H and O–H groups in total. The first-order valence-corrected chi connectivity index (χ1v) is 11.1. The molecule has 29 heavy (non-hydrogen) atoms. The minimum absolute atomic E-state index is 0.0725. The zero-order valence-corrected chi connectivity index (χ0v) is 17.5. The summed E-state index contributed by atoms with van der Waals surface area (Å²) in [7, 11) is 0. The minimum atomic E-state index is -0.0725. The molecule has 4 rings (SSSR count). The van der Waals surface area contributed by atoms with Crippen LogP contribution in [-0.4, -0.2) is 19.0 Å². The van der Waals surface area contributed by atoms with Crippen LogP contribution in [0, 0.1) is 6.92 Å². The molecular formula is C25H26N2OS. The second-order valence-electron chi connectivity index (χ2n) is 7.49. The van der Waals surface area contributed by atoms with Crippen LogP contribution in [0.1, 0.15) is 34.3 Å². The van der Waals surface area contributed by atoms with Crippen molar-refractivity contribution in [2.45, 2.75) is 30.4 Å². The maximum atomic E-state index is 12.6. The van der Waals surface area contributed by atoms with Crippen molar-refractivity contribution in [1.82, 2.24) is 0 Å². The summed E-state index contributed by atoms with van der Waals surface area (Å²) in [6, 6.07) is 24.6. The molecule has 3 aromatic rings. The van der Waals surface area contributed by atoms with E-state index in [1.807, 2.05) is 36.4 Å². The molecule has 4 heteroatoms. The van der Waals surface area contributed by atoms with Gasteiger partial charge in [0.2, 0.25) is 0 Å². The molecule has 148 valence electrons. The number of hydrogen-bond acceptors (Lipinski definition) is 3. The summed E-state index contributed by atoms with van der Waals surface area (Å²) >= 11 is 1.81. The molecular weight excluding hydrogens is 376 g/mol. The number of thioether (sulfide) groups is 1. The molecule has 1 aliphatic rings. The first-order valence-electron chi connectivity index (χ1n) is 10.1. The highest BCUT2D eigenvalue weighted by atomic mass is 32.2. The number of carbonyl (C=O) groups is 1. The number of anilines is 2. The van der Waals surface area contributed by atoms with Gasteiger partial charge < -0.3 is 10.2 Å². The van der Waals surface area contributed by atoms with Crippen molar-refractivity contribution in [2.75, 3.05) is 23.3 Å². The summed E-state index contributed by atoms with van der Waals surface area (Å²) in [5.74, 6) is 0.819. The van der Waals surface area contributed by atoms with E-state index in [0.29, 0.717) is 5.56 Å². The summed E-state index contributed by atoms with van der Waals surface area (Å²) in [6.07, 6.45) is 2.52. The van der Waals surface area contributed by atoms with Crippen molar-refractivity contribution in [3.8, 4) is 0 Å². The van der Waals surface area contributed by atoms with Crippen LogP contribution >= 0.6 is 11.8 Å². The molecule has 0 aromatic heterocycles. The number of carbonyl (C=O) groups excluding carboxylic acids is 1. The Hall–Kier alpha value is -2.72. The van der Waals surface area contributed by atoms with E-state index in [0.717, 1.165) is 24.5 Å². The fraction of sp³-hybridized carbons (Fsp3) is 0.240. The van der Waals surface area contributed by atoms with E-state index < -0.39 is 0 Å². The van der Waals surface area contributed by atoms with Crippen LogP contribution in [0.4, 0.5) is 11.4 Å². The molecule has 3 aromatic carbocycles. The second kappa shape index (κ2) is 9.19. The number of aryl methyl sites for hydroxylation is 1. The van der Waals surface area contributed by atoms with Crippen molar-refractivity contribution >= 4 is 29.0 Å². The molecule has 1 fully saturated rings. The van der Waals surface area contributed by atoms with Gasteiger partial charge in [-0.15, -0.1) is 11.8 Å². The second-order valence-corrected chi connectivity index (χ2v) is 8.54. The Bertz CT molecular complexity index is 944. The van der Waals surface area contributed by atoms with Gasteiger partial charge in [0.25, 0.3) is 5.91 Å². The number of nitrogens with one attached hydrogen (secondary N) is 1. The van der Waals surface area contributed by atoms with Crippen LogP contribution in [-0.2, 0) is 5.75 Å². The molecule has 0 aliphatic carbocycles. The Morgan fingerprint density at radius 3 is 2.21 bits per heavy atom. The summed E-state index contributed by atoms with van der Waals surface area (Å²) in [4.78, 5) is 16.2. The van der Waals surface area contributed by atoms with E-state index in [-0.39, 0.29) is 5.91 Å². The highest BCUT2D eigenvalue weighted by Gasteiger charge is 2.12. The first-order chi connectivity index (χ1) is 14.2. The third-order valence-corrected chi connectivity index (χ3v) is 6.32. The van der Waals surface area contributed by atoms with E-state index in [2.05, 4.69) is 53.5 Å². The molecule has 0 radical (unpaired) electrons. The van der Waals surface area contributed by atoms with E-state index in [1.165, 1.54) is 34.6 Å². The Kier molecular flexibility index (Phi) is 6.20. The fourth-order valence-electron chi connectivity index (χ4n) is 3.49. The number of rotatable bonds is 6. The quantitative estimate of drug-likeness (QED) is 0.503. The van der Waals surface area contributed by atoms with Gasteiger partial charge in [-0.3, -0.25) is 4.79 Å². The summed E-state index contributed by atoms with van der Waals surface area (Å²) in [5.41, 5.74) is 5.23. The van der Waals surface area contributed by atoms with Gasteiger partial charge in [0.05, 0.1) is 0 Å². The smallest absolute Gasteiger partial charge is 0.255 e. The molecule has 0 bridgehead atoms. The van der Waals surface area contributed by atoms with E-state index >= 15 is 0 Å². The summed E-state index contributed by atoms with van der Waals surface area (Å²) in [6.45, 7) is 4.35. The van der Waals surface area contributed by atoms with Gasteiger partial charge in [-0.2, -0.15) is 0 Å². The third-order valence-electron chi connectivity index (χ3n) is 5.24. The van der Waals surface area contributed by atoms with Crippen LogP contribution in [0.25, 0.3) is 0 Å². The van der Waals surface area contributed by atoms with Gasteiger partial charge >= 0.3 is 0 Å². The van der Waals surface area contributed by atoms with Crippen LogP contribution in [0.2, 0.25) is 0 Å². The van der Waals surface area contributed by atoms with Crippen molar-refractivity contribution < 1.29 is 4.79 Å². The fourth-order valence-corrected chi connectivity index (χ4v) is 4.34. The Labute approximate surface area is 177 Å². The van der Waals surface area contributed by atoms with Crippen LogP contribution < -0.4 is 10.2 Å². The van der Waals surface area contributed by atoms with Crippen molar-refractivity contribution in [1.29, 1.82) is 0 Å². The van der Waals surface area contributed by atoms with Gasteiger partial charge in [-0.1, -0.05) is 29.8 Å². The Morgan fingerprint density at radius 1 is 0.897 bits per heavy atom. The average molecular weight is 403 g/mol. The van der Waals surface area contributed by atoms with E-state index in [9.17, 15) is 4.79 Å². The van der Waals surface area contributed by atoms with Gasteiger partial charge in [0.15, 0.2) is 0 Å². The SMILES string of the molecule is Cc1ccc(SCc2ccc(C(=O)Nc3ccc(N4CCCC4)cc3)cc2)cc1. The molecule has 1 saturated heterocycles. The number of nitrogens with zero attached hydrogens (tertiary/aromatic N) is 1. The molecule has 0 spiro atoms. The predicted molar refractivity (Wildman–Crippen MR) is 123 cm³/mol. The Morgan fingerprint density at radius 2 is 1.55 bits per heavy atom. The molecule has 1 aliphatic heterocycles. The minimum Gasteiger partial charge on any atom is -0.372 e. The summed E-state index contributed by atoms with van der Waals surface area (Å²) < 4.78 is 0. The van der Waals surface area contributed by atoms with E-state index in [4.69, 9.17) is 0 Å². The largest absolute Gasteiger partial charge is 0.372 e. The maximum Gasteiger partial charge on any atom is 0.255 e. The first kappa shape index (κ1) is 19.6. The molecule has 0 saturated carbocycles. The zero-order chi connectivity index (χ0) is 20.1. The lowest BCUT2D eigenvalue weighted by Crippen LogP contribution is -2.17. The van der Waals surface area contributed by atoms with Crippen molar-refractivity contribution in [2.24, 2.45) is 0 Å². The van der Waals surface area contributed by atoms with Gasteiger partial charge in [-0.05, 0) is 73.9 Å². The van der Waals surface area contributed by atoms with Gasteiger partial charge in [0, 0.05) is 40.7 Å². The van der Waals surface area contributed by atoms with Crippen molar-refractivity contribution in [3.63, 3.8) is 0 Å². The highest BCUT2D eigenvalue weighted by Crippen LogP contribution is 2.24. The van der Waals surface area contributed by atoms with Crippen LogP contribution in [0.3, 0.4) is 0 Å². The number of amides is 1. The lowest BCUT2D eigenvalue weighted by atomic mass is 10.1. The molecule has 0 atom stereocenters. The highest BCUT2D eigenvalue weighted by molar-refractivity contribution is 7.98. The monoisotopic (exact) mass is 402 g/mol. The van der Waals surface area contributed by atoms with Gasteiger partial charge in [-0.25, -0.2) is 0 Å². The summed E-state index contributed by atoms with van der Waals surface area (Å²) in [5, 5.41) is 3.00. The number of benzene rings is 3. The Balaban J connectivity index is 1.32. The number of hydrogen-bond donors (Lipinski definition) is 1. The topological polar surface area (TPSA) is 32.3 Å². The lowest BCUT2D eigenvalue weighted by Gasteiger charge is -2.17. The van der Waals surface area contributed by atoms with Gasteiger partial charge in [0.1, 0.15) is 0 Å². The normalized spacial score (nSPS) is 13.5. The molecule has 1 heterocycles. The molecule has 1 amide bonds. The molecule has 3 nitrogen and oxygen atoms in total. The van der Waals surface area contributed by atoms with Crippen LogP contribution in [0.15, 0.2) is 77.7 Å². The standard InChI is InChI=1S/C25H26N2OS/c1-19-4-14-24(15-5-19)29-18-20-6-8-21(9-7-20)25(28)26-22-10-12-23(13-11-22)27-16-2-3-17-27/h4-15H,2-3,16-18H2,1H3,(H,26,28). The van der Waals surface area contributed by atoms with E-state index in [1.54, 1.807) is 11.8 Å².